The number of hydrogen-bond acceptors (Lipinski definition) is 6. The molecule has 8 nitrogen and oxygen atoms in total. The zero-order chi connectivity index (χ0) is 25.2. The Balaban J connectivity index is 1.85. The summed E-state index contributed by atoms with van der Waals surface area (Å²) in [6.45, 7) is 2.64. The molecule has 1 aromatic carbocycles. The highest BCUT2D eigenvalue weighted by Crippen LogP contribution is 2.29. The minimum absolute atomic E-state index is 0.202. The summed E-state index contributed by atoms with van der Waals surface area (Å²) in [5.74, 6) is -2.39. The fourth-order valence-corrected chi connectivity index (χ4v) is 5.27. The molecule has 2 aromatic rings. The lowest BCUT2D eigenvalue weighted by Crippen LogP contribution is -2.59. The van der Waals surface area contributed by atoms with E-state index in [2.05, 4.69) is 15.7 Å². The lowest BCUT2D eigenvalue weighted by atomic mass is 9.85. The van der Waals surface area contributed by atoms with Gasteiger partial charge in [0, 0.05) is 30.5 Å². The Kier molecular flexibility index (Phi) is 10.2. The first-order chi connectivity index (χ1) is 17.0. The minimum Gasteiger partial charge on any atom is -0.481 e. The number of carbonyl (C=O) groups excluding carboxylic acids is 2. The Morgan fingerprint density at radius 2 is 2.06 bits per heavy atom. The average molecular weight is 501 g/mol. The number of aryl methyl sites for hydroxylation is 1. The monoisotopic (exact) mass is 500 g/mol. The van der Waals surface area contributed by atoms with Crippen LogP contribution in [0.5, 0.6) is 0 Å². The van der Waals surface area contributed by atoms with Crippen LogP contribution in [0.1, 0.15) is 57.4 Å². The van der Waals surface area contributed by atoms with Gasteiger partial charge in [-0.3, -0.25) is 19.4 Å². The van der Waals surface area contributed by atoms with E-state index in [1.807, 2.05) is 36.6 Å². The van der Waals surface area contributed by atoms with Crippen molar-refractivity contribution in [2.45, 2.75) is 64.3 Å². The van der Waals surface area contributed by atoms with E-state index >= 15 is 0 Å². The Labute approximate surface area is 211 Å². The molecule has 1 fully saturated rings. The van der Waals surface area contributed by atoms with Crippen molar-refractivity contribution in [2.75, 3.05) is 13.6 Å². The van der Waals surface area contributed by atoms with Gasteiger partial charge >= 0.3 is 5.97 Å². The van der Waals surface area contributed by atoms with Crippen molar-refractivity contribution in [3.05, 3.63) is 40.7 Å². The largest absolute Gasteiger partial charge is 0.481 e. The second kappa shape index (κ2) is 13.3. The highest BCUT2D eigenvalue weighted by molar-refractivity contribution is 7.07. The van der Waals surface area contributed by atoms with Gasteiger partial charge in [-0.05, 0) is 44.1 Å². The van der Waals surface area contributed by atoms with Crippen LogP contribution in [-0.4, -0.2) is 52.5 Å². The van der Waals surface area contributed by atoms with Gasteiger partial charge in [-0.2, -0.15) is 0 Å². The molecule has 0 saturated carbocycles. The van der Waals surface area contributed by atoms with Gasteiger partial charge < -0.3 is 10.4 Å². The molecule has 0 bridgehead atoms. The zero-order valence-corrected chi connectivity index (χ0v) is 21.4. The number of benzene rings is 1. The van der Waals surface area contributed by atoms with E-state index in [9.17, 15) is 19.5 Å². The molecular weight excluding hydrogens is 464 g/mol. The highest BCUT2D eigenvalue weighted by Gasteiger charge is 2.37. The van der Waals surface area contributed by atoms with Crippen LogP contribution in [0.2, 0.25) is 0 Å². The Morgan fingerprint density at radius 1 is 1.26 bits per heavy atom. The summed E-state index contributed by atoms with van der Waals surface area (Å²) in [6, 6.07) is 7.41. The molecule has 2 heterocycles. The van der Waals surface area contributed by atoms with E-state index in [0.29, 0.717) is 32.2 Å². The number of hydrogen-bond donors (Lipinski definition) is 3. The van der Waals surface area contributed by atoms with Crippen LogP contribution in [0.3, 0.4) is 0 Å². The van der Waals surface area contributed by atoms with E-state index in [1.54, 1.807) is 12.6 Å². The number of rotatable bonds is 12. The topological polar surface area (TPSA) is 112 Å². The van der Waals surface area contributed by atoms with Crippen LogP contribution >= 0.6 is 11.3 Å². The molecule has 2 amide bonds. The molecule has 1 saturated heterocycles. The van der Waals surface area contributed by atoms with Crippen LogP contribution in [0.4, 0.5) is 0 Å². The second-order valence-electron chi connectivity index (χ2n) is 9.07. The van der Waals surface area contributed by atoms with Crippen molar-refractivity contribution in [2.24, 2.45) is 11.8 Å². The summed E-state index contributed by atoms with van der Waals surface area (Å²) in [6.07, 6.45) is 4.97. The van der Waals surface area contributed by atoms with Gasteiger partial charge in [-0.25, -0.2) is 10.4 Å². The normalized spacial score (nSPS) is 17.5. The smallest absolute Gasteiger partial charge is 0.306 e. The molecular formula is C26H36N4O4S. The van der Waals surface area contributed by atoms with E-state index in [0.717, 1.165) is 36.1 Å². The van der Waals surface area contributed by atoms with E-state index in [4.69, 9.17) is 0 Å². The maximum Gasteiger partial charge on any atom is 0.306 e. The van der Waals surface area contributed by atoms with E-state index in [1.165, 1.54) is 16.3 Å². The number of amides is 2. The molecule has 1 aliphatic heterocycles. The number of nitrogens with zero attached hydrogens (tertiary/aromatic N) is 2. The lowest BCUT2D eigenvalue weighted by Gasteiger charge is -2.37. The average Bonchev–Trinajstić information content (AvgIpc) is 3.42. The van der Waals surface area contributed by atoms with Crippen molar-refractivity contribution in [1.29, 1.82) is 0 Å². The van der Waals surface area contributed by atoms with Crippen molar-refractivity contribution in [3.63, 3.8) is 0 Å². The molecule has 1 aromatic heterocycles. The zero-order valence-electron chi connectivity index (χ0n) is 20.5. The quantitative estimate of drug-likeness (QED) is 0.408. The maximum atomic E-state index is 13.8. The van der Waals surface area contributed by atoms with Crippen molar-refractivity contribution < 1.29 is 19.5 Å². The number of unbranched alkanes of at least 4 members (excludes halogenated alkanes) is 1. The Bertz CT molecular complexity index is 981. The minimum atomic E-state index is -0.867. The molecule has 0 radical (unpaired) electrons. The van der Waals surface area contributed by atoms with Crippen molar-refractivity contribution in [3.8, 4) is 11.3 Å². The summed E-state index contributed by atoms with van der Waals surface area (Å²) in [5.41, 5.74) is 7.91. The number of hydrazine groups is 1. The third-order valence-corrected chi connectivity index (χ3v) is 7.28. The van der Waals surface area contributed by atoms with Gasteiger partial charge in [0.15, 0.2) is 0 Å². The van der Waals surface area contributed by atoms with Crippen LogP contribution in [0.15, 0.2) is 35.2 Å². The molecule has 3 N–H and O–H groups in total. The summed E-state index contributed by atoms with van der Waals surface area (Å²) in [7, 11) is 1.57. The fraction of sp³-hybridized carbons (Fsp3) is 0.538. The summed E-state index contributed by atoms with van der Waals surface area (Å²) in [4.78, 5) is 42.7. The number of aromatic nitrogens is 1. The number of carboxylic acid groups (broad SMARTS) is 1. The molecule has 1 aliphatic rings. The molecule has 3 atom stereocenters. The van der Waals surface area contributed by atoms with Crippen molar-refractivity contribution >= 4 is 29.1 Å². The van der Waals surface area contributed by atoms with Crippen molar-refractivity contribution in [1.82, 2.24) is 20.7 Å². The van der Waals surface area contributed by atoms with Crippen LogP contribution in [0.25, 0.3) is 11.3 Å². The number of carboxylic acids is 1. The number of thiazole rings is 1. The Morgan fingerprint density at radius 3 is 2.74 bits per heavy atom. The van der Waals surface area contributed by atoms with E-state index in [-0.39, 0.29) is 18.2 Å². The molecule has 35 heavy (non-hydrogen) atoms. The third kappa shape index (κ3) is 7.11. The first-order valence-electron chi connectivity index (χ1n) is 12.4. The number of carbonyl (C=O) groups is 3. The van der Waals surface area contributed by atoms with Gasteiger partial charge in [0.05, 0.1) is 17.1 Å². The van der Waals surface area contributed by atoms with Gasteiger partial charge in [-0.15, -0.1) is 11.3 Å². The second-order valence-corrected chi connectivity index (χ2v) is 9.79. The first kappa shape index (κ1) is 26.8. The molecule has 0 unspecified atom stereocenters. The molecule has 9 heteroatoms. The van der Waals surface area contributed by atoms with E-state index < -0.39 is 23.8 Å². The molecule has 3 rings (SSSR count). The van der Waals surface area contributed by atoms with Crippen LogP contribution in [-0.2, 0) is 20.8 Å². The predicted octanol–water partition coefficient (Wildman–Crippen LogP) is 3.88. The van der Waals surface area contributed by atoms with Crippen LogP contribution in [0, 0.1) is 11.8 Å². The predicted molar refractivity (Wildman–Crippen MR) is 137 cm³/mol. The number of likely N-dealkylation sites (N-methyl/N-ethyl adjacent to an activating group) is 1. The van der Waals surface area contributed by atoms with Gasteiger partial charge in [0.25, 0.3) is 0 Å². The summed E-state index contributed by atoms with van der Waals surface area (Å²) >= 11 is 1.53. The Hall–Kier alpha value is -2.78. The number of nitrogens with one attached hydrogen (secondary N) is 2. The van der Waals surface area contributed by atoms with Crippen LogP contribution < -0.4 is 10.7 Å². The van der Waals surface area contributed by atoms with Gasteiger partial charge in [0.2, 0.25) is 11.8 Å². The molecule has 0 aliphatic carbocycles. The third-order valence-electron chi connectivity index (χ3n) is 6.70. The highest BCUT2D eigenvalue weighted by atomic mass is 32.1. The van der Waals surface area contributed by atoms with Gasteiger partial charge in [-0.1, -0.05) is 44.0 Å². The SMILES string of the molecule is CCCC[C@@H](C[C@@H](CCc1ccccc1-c1cscn1)C(=O)N1NCCC[C@H]1C(=O)NC)C(=O)O. The maximum absolute atomic E-state index is 13.8. The first-order valence-corrected chi connectivity index (χ1v) is 13.4. The lowest BCUT2D eigenvalue weighted by molar-refractivity contribution is -0.151. The van der Waals surface area contributed by atoms with Gasteiger partial charge in [0.1, 0.15) is 6.04 Å². The summed E-state index contributed by atoms with van der Waals surface area (Å²) < 4.78 is 0. The fourth-order valence-electron chi connectivity index (χ4n) is 4.72. The summed E-state index contributed by atoms with van der Waals surface area (Å²) in [5, 5.41) is 16.0. The number of aliphatic carboxylic acids is 1. The standard InChI is InChI=1S/C26H36N4O4S/c1-3-4-8-20(26(33)34)15-19(25(32)30-23(24(31)27-2)11-7-14-29-30)13-12-18-9-5-6-10-21(18)22-16-35-17-28-22/h5-6,9-10,16-17,19-20,23,29H,3-4,7-8,11-15H2,1-2H3,(H,27,31)(H,33,34)/t19-,20+,23+/m1/s1. The molecule has 0 spiro atoms. The molecule has 190 valence electrons.